The fourth-order valence-corrected chi connectivity index (χ4v) is 2.05. The van der Waals surface area contributed by atoms with Gasteiger partial charge in [0.1, 0.15) is 18.1 Å². The summed E-state index contributed by atoms with van der Waals surface area (Å²) < 4.78 is 10.8. The van der Waals surface area contributed by atoms with E-state index in [0.29, 0.717) is 38.5 Å². The second kappa shape index (κ2) is 13.0. The third kappa shape index (κ3) is 9.15. The Kier molecular flexibility index (Phi) is 12.4. The third-order valence-electron chi connectivity index (χ3n) is 3.91. The molecule has 6 nitrogen and oxygen atoms in total. The van der Waals surface area contributed by atoms with E-state index in [1.165, 1.54) is 0 Å². The van der Waals surface area contributed by atoms with Crippen LogP contribution < -0.4 is 20.1 Å². The summed E-state index contributed by atoms with van der Waals surface area (Å²) in [5.41, 5.74) is -0.734. The van der Waals surface area contributed by atoms with Crippen LogP contribution in [0.5, 0.6) is 11.5 Å². The lowest BCUT2D eigenvalue weighted by molar-refractivity contribution is 0.0418. The van der Waals surface area contributed by atoms with E-state index < -0.39 is 5.60 Å². The molecule has 144 valence electrons. The first-order chi connectivity index (χ1) is 11.6. The van der Waals surface area contributed by atoms with E-state index >= 15 is 0 Å². The maximum absolute atomic E-state index is 10.3. The number of hydrogen-bond donors (Lipinski definition) is 3. The largest absolute Gasteiger partial charge is 0.497 e. The van der Waals surface area contributed by atoms with Gasteiger partial charge in [0.15, 0.2) is 5.96 Å². The molecule has 0 aliphatic rings. The summed E-state index contributed by atoms with van der Waals surface area (Å²) in [5, 5.41) is 16.7. The first kappa shape index (κ1) is 23.8. The molecular weight excluding hydrogens is 433 g/mol. The van der Waals surface area contributed by atoms with Crippen LogP contribution in [0.15, 0.2) is 29.3 Å². The zero-order chi connectivity index (χ0) is 17.8. The summed E-state index contributed by atoms with van der Waals surface area (Å²) in [7, 11) is 1.64. The van der Waals surface area contributed by atoms with E-state index in [1.54, 1.807) is 7.11 Å². The van der Waals surface area contributed by atoms with Crippen molar-refractivity contribution < 1.29 is 14.6 Å². The van der Waals surface area contributed by atoms with E-state index in [-0.39, 0.29) is 24.0 Å². The quantitative estimate of drug-likeness (QED) is 0.215. The van der Waals surface area contributed by atoms with Crippen LogP contribution in [0.3, 0.4) is 0 Å². The van der Waals surface area contributed by atoms with Gasteiger partial charge in [-0.15, -0.1) is 24.0 Å². The zero-order valence-corrected chi connectivity index (χ0v) is 18.0. The molecule has 0 unspecified atom stereocenters. The summed E-state index contributed by atoms with van der Waals surface area (Å²) >= 11 is 0. The smallest absolute Gasteiger partial charge is 0.191 e. The lowest BCUT2D eigenvalue weighted by atomic mass is 9.98. The normalized spacial score (nSPS) is 11.5. The van der Waals surface area contributed by atoms with Crippen LogP contribution in [0, 0.1) is 0 Å². The first-order valence-electron chi connectivity index (χ1n) is 8.58. The van der Waals surface area contributed by atoms with Gasteiger partial charge in [-0.05, 0) is 44.0 Å². The lowest BCUT2D eigenvalue weighted by Crippen LogP contribution is -2.41. The molecule has 25 heavy (non-hydrogen) atoms. The van der Waals surface area contributed by atoms with Crippen molar-refractivity contribution in [1.29, 1.82) is 0 Å². The van der Waals surface area contributed by atoms with Crippen LogP contribution >= 0.6 is 24.0 Å². The van der Waals surface area contributed by atoms with Gasteiger partial charge < -0.3 is 25.2 Å². The number of nitrogens with one attached hydrogen (secondary N) is 2. The number of aliphatic hydroxyl groups is 1. The minimum Gasteiger partial charge on any atom is -0.497 e. The first-order valence-corrected chi connectivity index (χ1v) is 8.58. The second-order valence-electron chi connectivity index (χ2n) is 5.58. The van der Waals surface area contributed by atoms with E-state index in [0.717, 1.165) is 18.0 Å². The molecule has 1 aromatic rings. The van der Waals surface area contributed by atoms with Crippen LogP contribution in [0.2, 0.25) is 0 Å². The number of benzene rings is 1. The van der Waals surface area contributed by atoms with Crippen LogP contribution in [0.1, 0.15) is 33.6 Å². The van der Waals surface area contributed by atoms with E-state index in [9.17, 15) is 5.11 Å². The molecule has 0 aliphatic carbocycles. The summed E-state index contributed by atoms with van der Waals surface area (Å²) in [5.74, 6) is 2.29. The molecule has 1 aromatic carbocycles. The van der Waals surface area contributed by atoms with Gasteiger partial charge in [0.05, 0.1) is 25.8 Å². The summed E-state index contributed by atoms with van der Waals surface area (Å²) in [6.45, 7) is 8.24. The van der Waals surface area contributed by atoms with Crippen molar-refractivity contribution in [3.8, 4) is 11.5 Å². The molecule has 0 saturated carbocycles. The topological polar surface area (TPSA) is 75.1 Å². The van der Waals surface area contributed by atoms with Crippen LogP contribution in [-0.4, -0.2) is 50.0 Å². The molecule has 7 heteroatoms. The van der Waals surface area contributed by atoms with Gasteiger partial charge >= 0.3 is 0 Å². The highest BCUT2D eigenvalue weighted by atomic mass is 127. The number of halogens is 1. The maximum atomic E-state index is 10.3. The summed E-state index contributed by atoms with van der Waals surface area (Å²) in [6, 6.07) is 7.48. The highest BCUT2D eigenvalue weighted by Crippen LogP contribution is 2.16. The fraction of sp³-hybridized carbons (Fsp3) is 0.611. The minimum absolute atomic E-state index is 0. The molecular formula is C18H32IN3O3. The Morgan fingerprint density at radius 1 is 1.08 bits per heavy atom. The Labute approximate surface area is 168 Å². The Hall–Kier alpha value is -1.22. The SMILES string of the molecule is CCNC(=NCC(O)(CC)CC)NCCOc1ccc(OC)cc1.I. The second-order valence-corrected chi connectivity index (χ2v) is 5.58. The monoisotopic (exact) mass is 465 g/mol. The molecule has 0 atom stereocenters. The molecule has 0 spiro atoms. The Morgan fingerprint density at radius 2 is 1.68 bits per heavy atom. The van der Waals surface area contributed by atoms with Gasteiger partial charge in [-0.1, -0.05) is 13.8 Å². The molecule has 0 heterocycles. The minimum atomic E-state index is -0.734. The third-order valence-corrected chi connectivity index (χ3v) is 3.91. The number of methoxy groups -OCH3 is 1. The van der Waals surface area contributed by atoms with Crippen molar-refractivity contribution in [3.63, 3.8) is 0 Å². The van der Waals surface area contributed by atoms with Crippen molar-refractivity contribution in [3.05, 3.63) is 24.3 Å². The lowest BCUT2D eigenvalue weighted by Gasteiger charge is -2.23. The highest BCUT2D eigenvalue weighted by Gasteiger charge is 2.21. The predicted octanol–water partition coefficient (Wildman–Crippen LogP) is 2.80. The number of hydrogen-bond acceptors (Lipinski definition) is 4. The molecule has 1 rings (SSSR count). The number of guanidine groups is 1. The van der Waals surface area contributed by atoms with Crippen LogP contribution in [-0.2, 0) is 0 Å². The maximum Gasteiger partial charge on any atom is 0.191 e. The van der Waals surface area contributed by atoms with Gasteiger partial charge in [-0.25, -0.2) is 0 Å². The fourth-order valence-electron chi connectivity index (χ4n) is 2.05. The molecule has 0 radical (unpaired) electrons. The van der Waals surface area contributed by atoms with Gasteiger partial charge in [0.25, 0.3) is 0 Å². The number of nitrogens with zero attached hydrogens (tertiary/aromatic N) is 1. The Balaban J connectivity index is 0.00000576. The van der Waals surface area contributed by atoms with Crippen molar-refractivity contribution in [2.45, 2.75) is 39.2 Å². The summed E-state index contributed by atoms with van der Waals surface area (Å²) in [6.07, 6.45) is 1.37. The molecule has 3 N–H and O–H groups in total. The van der Waals surface area contributed by atoms with Crippen molar-refractivity contribution >= 4 is 29.9 Å². The molecule has 0 amide bonds. The van der Waals surface area contributed by atoms with E-state index in [4.69, 9.17) is 9.47 Å². The number of ether oxygens (including phenoxy) is 2. The average molecular weight is 465 g/mol. The summed E-state index contributed by atoms with van der Waals surface area (Å²) in [4.78, 5) is 4.47. The standard InChI is InChI=1S/C18H31N3O3.HI/c1-5-18(22,6-2)14-21-17(19-7-3)20-12-13-24-16-10-8-15(23-4)9-11-16;/h8-11,22H,5-7,12-14H2,1-4H3,(H2,19,20,21);1H. The predicted molar refractivity (Wildman–Crippen MR) is 113 cm³/mol. The Bertz CT molecular complexity index is 491. The Morgan fingerprint density at radius 3 is 2.20 bits per heavy atom. The van der Waals surface area contributed by atoms with Crippen LogP contribution in [0.4, 0.5) is 0 Å². The zero-order valence-electron chi connectivity index (χ0n) is 15.7. The number of aliphatic imine (C=N–C) groups is 1. The van der Waals surface area contributed by atoms with Gasteiger partial charge in [0, 0.05) is 6.54 Å². The molecule has 0 aromatic heterocycles. The molecule has 0 saturated heterocycles. The molecule has 0 fully saturated rings. The van der Waals surface area contributed by atoms with E-state index in [1.807, 2.05) is 45.0 Å². The van der Waals surface area contributed by atoms with Crippen molar-refractivity contribution in [1.82, 2.24) is 10.6 Å². The highest BCUT2D eigenvalue weighted by molar-refractivity contribution is 14.0. The van der Waals surface area contributed by atoms with Gasteiger partial charge in [-0.2, -0.15) is 0 Å². The average Bonchev–Trinajstić information content (AvgIpc) is 2.63. The van der Waals surface area contributed by atoms with Gasteiger partial charge in [0.2, 0.25) is 0 Å². The molecule has 0 bridgehead atoms. The van der Waals surface area contributed by atoms with Crippen molar-refractivity contribution in [2.24, 2.45) is 4.99 Å². The van der Waals surface area contributed by atoms with Crippen molar-refractivity contribution in [2.75, 3.05) is 33.4 Å². The van der Waals surface area contributed by atoms with Crippen LogP contribution in [0.25, 0.3) is 0 Å². The van der Waals surface area contributed by atoms with E-state index in [2.05, 4.69) is 15.6 Å². The number of rotatable bonds is 10. The van der Waals surface area contributed by atoms with Gasteiger partial charge in [-0.3, -0.25) is 4.99 Å². The molecule has 0 aliphatic heterocycles.